The van der Waals surface area contributed by atoms with Crippen LogP contribution in [0.1, 0.15) is 27.7 Å². The van der Waals surface area contributed by atoms with Gasteiger partial charge in [0.15, 0.2) is 0 Å². The third-order valence-electron chi connectivity index (χ3n) is 4.19. The first-order valence-electron chi connectivity index (χ1n) is 5.23. The van der Waals surface area contributed by atoms with Crippen LogP contribution in [0.5, 0.6) is 0 Å². The number of rotatable bonds is 5. The van der Waals surface area contributed by atoms with Gasteiger partial charge in [0, 0.05) is 6.54 Å². The quantitative estimate of drug-likeness (QED) is 0.732. The first-order chi connectivity index (χ1) is 6.65. The summed E-state index contributed by atoms with van der Waals surface area (Å²) in [6.07, 6.45) is 0. The summed E-state index contributed by atoms with van der Waals surface area (Å²) < 4.78 is 25.2. The predicted octanol–water partition coefficient (Wildman–Crippen LogP) is 0.580. The van der Waals surface area contributed by atoms with Crippen molar-refractivity contribution in [3.05, 3.63) is 0 Å². The van der Waals surface area contributed by atoms with Crippen LogP contribution in [0.3, 0.4) is 0 Å². The maximum absolute atomic E-state index is 11.3. The van der Waals surface area contributed by atoms with Crippen LogP contribution >= 0.6 is 0 Å². The highest BCUT2D eigenvalue weighted by molar-refractivity contribution is 7.89. The minimum atomic E-state index is -3.29. The molecule has 15 heavy (non-hydrogen) atoms. The van der Waals surface area contributed by atoms with Crippen LogP contribution in [-0.2, 0) is 10.0 Å². The van der Waals surface area contributed by atoms with Gasteiger partial charge in [0.2, 0.25) is 10.0 Å². The van der Waals surface area contributed by atoms with E-state index in [1.165, 1.54) is 0 Å². The van der Waals surface area contributed by atoms with E-state index >= 15 is 0 Å². The topological polar surface area (TPSA) is 66.4 Å². The Hall–Kier alpha value is -0.130. The van der Waals surface area contributed by atoms with Gasteiger partial charge >= 0.3 is 0 Å². The zero-order valence-corrected chi connectivity index (χ0v) is 10.7. The highest BCUT2D eigenvalue weighted by Crippen LogP contribution is 2.67. The monoisotopic (exact) mass is 235 g/mol. The maximum Gasteiger partial charge on any atom is 0.213 e. The molecule has 0 aliphatic heterocycles. The summed E-state index contributed by atoms with van der Waals surface area (Å²) in [7, 11) is -3.29. The molecule has 0 radical (unpaired) electrons. The zero-order chi connectivity index (χ0) is 11.9. The molecular formula is C10H21NO3S. The summed E-state index contributed by atoms with van der Waals surface area (Å²) in [6, 6.07) is 0. The molecule has 0 unspecified atom stereocenters. The van der Waals surface area contributed by atoms with E-state index in [2.05, 4.69) is 32.4 Å². The number of hydrogen-bond acceptors (Lipinski definition) is 3. The first kappa shape index (κ1) is 12.9. The second-order valence-corrected chi connectivity index (χ2v) is 7.31. The molecule has 0 amide bonds. The van der Waals surface area contributed by atoms with Crippen LogP contribution in [0.4, 0.5) is 0 Å². The molecule has 0 aromatic carbocycles. The largest absolute Gasteiger partial charge is 0.395 e. The molecule has 1 aliphatic carbocycles. The van der Waals surface area contributed by atoms with Gasteiger partial charge in [-0.2, -0.15) is 0 Å². The Morgan fingerprint density at radius 3 is 2.00 bits per heavy atom. The third kappa shape index (κ3) is 2.34. The number of aliphatic hydroxyl groups excluding tert-OH is 1. The second-order valence-electron chi connectivity index (χ2n) is 5.39. The Bertz CT molecular complexity index is 319. The van der Waals surface area contributed by atoms with E-state index in [0.717, 1.165) is 0 Å². The van der Waals surface area contributed by atoms with Crippen molar-refractivity contribution in [1.29, 1.82) is 0 Å². The molecule has 0 spiro atoms. The van der Waals surface area contributed by atoms with E-state index in [9.17, 15) is 8.42 Å². The summed E-state index contributed by atoms with van der Waals surface area (Å²) in [5.41, 5.74) is 0.378. The van der Waals surface area contributed by atoms with E-state index in [1.54, 1.807) is 0 Å². The van der Waals surface area contributed by atoms with E-state index in [1.807, 2.05) is 0 Å². The van der Waals surface area contributed by atoms with Gasteiger partial charge in [0.05, 0.1) is 12.4 Å². The summed E-state index contributed by atoms with van der Waals surface area (Å²) in [5, 5.41) is 8.57. The minimum Gasteiger partial charge on any atom is -0.395 e. The standard InChI is InChI=1S/C10H21NO3S/c1-9(2)8(10(9,3)4)7-11-15(13,14)6-5-12/h8,11-12H,5-7H2,1-4H3. The lowest BCUT2D eigenvalue weighted by molar-refractivity contribution is 0.319. The van der Waals surface area contributed by atoms with Crippen LogP contribution in [0.15, 0.2) is 0 Å². The molecule has 0 aromatic rings. The lowest BCUT2D eigenvalue weighted by atomic mass is 10.0. The number of nitrogens with one attached hydrogen (secondary N) is 1. The molecule has 0 heterocycles. The molecule has 0 saturated heterocycles. The summed E-state index contributed by atoms with van der Waals surface area (Å²) in [4.78, 5) is 0. The molecule has 1 rings (SSSR count). The van der Waals surface area contributed by atoms with E-state index in [4.69, 9.17) is 5.11 Å². The maximum atomic E-state index is 11.3. The highest BCUT2D eigenvalue weighted by atomic mass is 32.2. The molecule has 0 aromatic heterocycles. The molecule has 4 nitrogen and oxygen atoms in total. The number of hydrogen-bond donors (Lipinski definition) is 2. The van der Waals surface area contributed by atoms with Crippen LogP contribution in [0, 0.1) is 16.7 Å². The number of sulfonamides is 1. The molecule has 1 fully saturated rings. The minimum absolute atomic E-state index is 0.189. The fourth-order valence-corrected chi connectivity index (χ4v) is 3.05. The molecule has 0 bridgehead atoms. The van der Waals surface area contributed by atoms with Crippen molar-refractivity contribution in [3.63, 3.8) is 0 Å². The fraction of sp³-hybridized carbons (Fsp3) is 1.00. The molecule has 2 N–H and O–H groups in total. The lowest BCUT2D eigenvalue weighted by Crippen LogP contribution is -2.30. The highest BCUT2D eigenvalue weighted by Gasteiger charge is 2.64. The Labute approximate surface area is 92.1 Å². The van der Waals surface area contributed by atoms with Crippen molar-refractivity contribution in [3.8, 4) is 0 Å². The van der Waals surface area contributed by atoms with Crippen LogP contribution < -0.4 is 4.72 Å². The fourth-order valence-electron chi connectivity index (χ4n) is 2.25. The molecular weight excluding hydrogens is 214 g/mol. The zero-order valence-electron chi connectivity index (χ0n) is 9.87. The van der Waals surface area contributed by atoms with E-state index in [-0.39, 0.29) is 23.2 Å². The molecule has 1 saturated carbocycles. The first-order valence-corrected chi connectivity index (χ1v) is 6.88. The van der Waals surface area contributed by atoms with Gasteiger partial charge in [0.25, 0.3) is 0 Å². The third-order valence-corrected chi connectivity index (χ3v) is 5.51. The Morgan fingerprint density at radius 1 is 1.20 bits per heavy atom. The van der Waals surface area contributed by atoms with Gasteiger partial charge in [-0.15, -0.1) is 0 Å². The summed E-state index contributed by atoms with van der Waals surface area (Å²) in [5.74, 6) is 0.166. The van der Waals surface area contributed by atoms with Gasteiger partial charge < -0.3 is 5.11 Å². The predicted molar refractivity (Wildman–Crippen MR) is 59.9 cm³/mol. The lowest BCUT2D eigenvalue weighted by Gasteiger charge is -2.05. The smallest absolute Gasteiger partial charge is 0.213 e. The average molecular weight is 235 g/mol. The van der Waals surface area contributed by atoms with Gasteiger partial charge in [-0.1, -0.05) is 27.7 Å². The Morgan fingerprint density at radius 2 is 1.67 bits per heavy atom. The second kappa shape index (κ2) is 3.71. The van der Waals surface area contributed by atoms with Crippen molar-refractivity contribution in [2.24, 2.45) is 16.7 Å². The van der Waals surface area contributed by atoms with Gasteiger partial charge in [-0.05, 0) is 16.7 Å². The van der Waals surface area contributed by atoms with Crippen LogP contribution in [0.2, 0.25) is 0 Å². The van der Waals surface area contributed by atoms with Crippen LogP contribution in [0.25, 0.3) is 0 Å². The van der Waals surface area contributed by atoms with Crippen LogP contribution in [-0.4, -0.2) is 32.4 Å². The number of aliphatic hydroxyl groups is 1. The van der Waals surface area contributed by atoms with E-state index < -0.39 is 10.0 Å². The van der Waals surface area contributed by atoms with E-state index in [0.29, 0.717) is 12.5 Å². The van der Waals surface area contributed by atoms with Crippen molar-refractivity contribution in [1.82, 2.24) is 4.72 Å². The summed E-state index contributed by atoms with van der Waals surface area (Å²) >= 11 is 0. The molecule has 90 valence electrons. The SMILES string of the molecule is CC1(C)C(CNS(=O)(=O)CCO)C1(C)C. The van der Waals surface area contributed by atoms with Gasteiger partial charge in [0.1, 0.15) is 0 Å². The normalized spacial score (nSPS) is 24.1. The Balaban J connectivity index is 2.48. The molecule has 5 heteroatoms. The molecule has 1 aliphatic rings. The van der Waals surface area contributed by atoms with Crippen molar-refractivity contribution in [2.45, 2.75) is 27.7 Å². The van der Waals surface area contributed by atoms with Gasteiger partial charge in [-0.3, -0.25) is 0 Å². The Kier molecular flexibility index (Phi) is 3.20. The molecule has 0 atom stereocenters. The average Bonchev–Trinajstić information content (AvgIpc) is 2.40. The van der Waals surface area contributed by atoms with Crippen molar-refractivity contribution >= 4 is 10.0 Å². The summed E-state index contributed by atoms with van der Waals surface area (Å²) in [6.45, 7) is 8.75. The van der Waals surface area contributed by atoms with Crippen molar-refractivity contribution < 1.29 is 13.5 Å². The van der Waals surface area contributed by atoms with Crippen molar-refractivity contribution in [2.75, 3.05) is 18.9 Å². The van der Waals surface area contributed by atoms with Gasteiger partial charge in [-0.25, -0.2) is 13.1 Å².